The average Bonchev–Trinajstić information content (AvgIpc) is 2.98. The van der Waals surface area contributed by atoms with Gasteiger partial charge in [0.25, 0.3) is 0 Å². The van der Waals surface area contributed by atoms with Gasteiger partial charge in [-0.15, -0.1) is 11.3 Å². The lowest BCUT2D eigenvalue weighted by Crippen LogP contribution is -2.06. The minimum Gasteiger partial charge on any atom is -0.493 e. The molecule has 0 aliphatic rings. The molecule has 1 heterocycles. The topological polar surface area (TPSA) is 42.2 Å². The molecule has 0 saturated carbocycles. The van der Waals surface area contributed by atoms with Gasteiger partial charge >= 0.3 is 6.18 Å². The Balaban J connectivity index is 2.02. The summed E-state index contributed by atoms with van der Waals surface area (Å²) < 4.78 is 48.2. The van der Waals surface area contributed by atoms with Crippen LogP contribution in [0.1, 0.15) is 16.0 Å². The lowest BCUT2D eigenvalue weighted by molar-refractivity contribution is -0.137. The number of benzene rings is 1. The second kappa shape index (κ2) is 7.76. The SMILES string of the molecule is COc1cc(C(F)(F)F)ccc1OCC#Cc1cc(CC#N)cs1. The summed E-state index contributed by atoms with van der Waals surface area (Å²) in [6.45, 7) is 0.00715. The average molecular weight is 351 g/mol. The minimum atomic E-state index is -4.44. The molecule has 0 saturated heterocycles. The first-order valence-corrected chi connectivity index (χ1v) is 7.63. The zero-order chi connectivity index (χ0) is 17.6. The second-order valence-corrected chi connectivity index (χ2v) is 5.52. The van der Waals surface area contributed by atoms with E-state index in [-0.39, 0.29) is 18.1 Å². The smallest absolute Gasteiger partial charge is 0.416 e. The van der Waals surface area contributed by atoms with Gasteiger partial charge in [0.05, 0.1) is 30.0 Å². The Bertz CT molecular complexity index is 810. The standard InChI is InChI=1S/C17H12F3NO2S/c1-22-16-10-13(17(18,19)20)4-5-15(16)23-8-2-3-14-9-12(6-7-21)11-24-14/h4-5,9-11H,6,8H2,1H3. The Kier molecular flexibility index (Phi) is 5.73. The maximum Gasteiger partial charge on any atom is 0.416 e. The number of nitriles is 1. The van der Waals surface area contributed by atoms with Gasteiger partial charge in [0.1, 0.15) is 6.61 Å². The number of thiophene rings is 1. The molecule has 0 unspecified atom stereocenters. The van der Waals surface area contributed by atoms with Crippen LogP contribution in [0, 0.1) is 23.2 Å². The van der Waals surface area contributed by atoms with Gasteiger partial charge in [-0.2, -0.15) is 18.4 Å². The number of nitrogens with zero attached hydrogens (tertiary/aromatic N) is 1. The molecule has 0 spiro atoms. The van der Waals surface area contributed by atoms with Crippen LogP contribution < -0.4 is 9.47 Å². The maximum atomic E-state index is 12.6. The van der Waals surface area contributed by atoms with E-state index in [0.717, 1.165) is 22.6 Å². The molecule has 24 heavy (non-hydrogen) atoms. The van der Waals surface area contributed by atoms with Crippen molar-refractivity contribution in [2.75, 3.05) is 13.7 Å². The third kappa shape index (κ3) is 4.68. The number of halogens is 3. The molecule has 0 atom stereocenters. The van der Waals surface area contributed by atoms with Crippen molar-refractivity contribution in [3.63, 3.8) is 0 Å². The zero-order valence-electron chi connectivity index (χ0n) is 12.6. The molecular weight excluding hydrogens is 339 g/mol. The highest BCUT2D eigenvalue weighted by Gasteiger charge is 2.31. The van der Waals surface area contributed by atoms with Gasteiger partial charge in [0.15, 0.2) is 11.5 Å². The first-order chi connectivity index (χ1) is 11.4. The van der Waals surface area contributed by atoms with Gasteiger partial charge < -0.3 is 9.47 Å². The maximum absolute atomic E-state index is 12.6. The summed E-state index contributed by atoms with van der Waals surface area (Å²) >= 11 is 1.42. The number of ether oxygens (including phenoxy) is 2. The Morgan fingerprint density at radius 3 is 2.67 bits per heavy atom. The van der Waals surface area contributed by atoms with Crippen molar-refractivity contribution in [2.24, 2.45) is 0 Å². The number of methoxy groups -OCH3 is 1. The van der Waals surface area contributed by atoms with E-state index in [1.54, 1.807) is 0 Å². The van der Waals surface area contributed by atoms with Crippen molar-refractivity contribution >= 4 is 11.3 Å². The minimum absolute atomic E-state index is 0.000875. The van der Waals surface area contributed by atoms with E-state index in [9.17, 15) is 13.2 Å². The van der Waals surface area contributed by atoms with Crippen LogP contribution in [-0.4, -0.2) is 13.7 Å². The summed E-state index contributed by atoms with van der Waals surface area (Å²) in [5.41, 5.74) is 0.0959. The first kappa shape index (κ1) is 17.7. The number of hydrogen-bond donors (Lipinski definition) is 0. The molecule has 0 radical (unpaired) electrons. The van der Waals surface area contributed by atoms with Gasteiger partial charge in [-0.1, -0.05) is 11.8 Å². The molecule has 7 heteroatoms. The normalized spacial score (nSPS) is 10.5. The summed E-state index contributed by atoms with van der Waals surface area (Å²) in [6, 6.07) is 6.89. The predicted molar refractivity (Wildman–Crippen MR) is 84.0 cm³/mol. The predicted octanol–water partition coefficient (Wildman–Crippen LogP) is 4.27. The van der Waals surface area contributed by atoms with Gasteiger partial charge in [-0.3, -0.25) is 0 Å². The van der Waals surface area contributed by atoms with Crippen LogP contribution in [0.25, 0.3) is 0 Å². The molecule has 0 aliphatic heterocycles. The second-order valence-electron chi connectivity index (χ2n) is 4.61. The van der Waals surface area contributed by atoms with Gasteiger partial charge in [0, 0.05) is 0 Å². The van der Waals surface area contributed by atoms with E-state index >= 15 is 0 Å². The number of alkyl halides is 3. The molecule has 0 aliphatic carbocycles. The van der Waals surface area contributed by atoms with Crippen molar-refractivity contribution in [1.82, 2.24) is 0 Å². The summed E-state index contributed by atoms with van der Waals surface area (Å²) in [7, 11) is 1.27. The highest BCUT2D eigenvalue weighted by atomic mass is 32.1. The van der Waals surface area contributed by atoms with Gasteiger partial charge in [-0.05, 0) is 35.2 Å². The van der Waals surface area contributed by atoms with Crippen LogP contribution >= 0.6 is 11.3 Å². The molecule has 3 nitrogen and oxygen atoms in total. The molecule has 1 aromatic heterocycles. The van der Waals surface area contributed by atoms with E-state index in [1.165, 1.54) is 24.5 Å². The van der Waals surface area contributed by atoms with Crippen LogP contribution in [0.3, 0.4) is 0 Å². The Labute approximate surface area is 141 Å². The molecular formula is C17H12F3NO2S. The molecule has 0 fully saturated rings. The number of hydrogen-bond acceptors (Lipinski definition) is 4. The third-order valence-electron chi connectivity index (χ3n) is 2.94. The van der Waals surface area contributed by atoms with Crippen LogP contribution in [0.4, 0.5) is 13.2 Å². The summed E-state index contributed by atoms with van der Waals surface area (Å²) in [6.07, 6.45) is -4.11. The van der Waals surface area contributed by atoms with Crippen molar-refractivity contribution in [3.05, 3.63) is 45.6 Å². The molecule has 0 amide bonds. The van der Waals surface area contributed by atoms with Crippen molar-refractivity contribution in [3.8, 4) is 29.4 Å². The fraction of sp³-hybridized carbons (Fsp3) is 0.235. The Morgan fingerprint density at radius 1 is 1.21 bits per heavy atom. The van der Waals surface area contributed by atoms with Crippen LogP contribution in [0.2, 0.25) is 0 Å². The molecule has 2 rings (SSSR count). The highest BCUT2D eigenvalue weighted by Crippen LogP contribution is 2.36. The largest absolute Gasteiger partial charge is 0.493 e. The van der Waals surface area contributed by atoms with Gasteiger partial charge in [0.2, 0.25) is 0 Å². The molecule has 2 aromatic rings. The van der Waals surface area contributed by atoms with E-state index in [1.807, 2.05) is 11.4 Å². The lowest BCUT2D eigenvalue weighted by atomic mass is 10.2. The fourth-order valence-electron chi connectivity index (χ4n) is 1.83. The quantitative estimate of drug-likeness (QED) is 0.773. The summed E-state index contributed by atoms with van der Waals surface area (Å²) in [5, 5.41) is 10.5. The summed E-state index contributed by atoms with van der Waals surface area (Å²) in [5.74, 6) is 5.85. The van der Waals surface area contributed by atoms with E-state index in [4.69, 9.17) is 14.7 Å². The van der Waals surface area contributed by atoms with E-state index < -0.39 is 11.7 Å². The van der Waals surface area contributed by atoms with Crippen LogP contribution in [-0.2, 0) is 12.6 Å². The van der Waals surface area contributed by atoms with Crippen molar-refractivity contribution < 1.29 is 22.6 Å². The van der Waals surface area contributed by atoms with Crippen LogP contribution in [0.15, 0.2) is 29.6 Å². The molecule has 0 bridgehead atoms. The van der Waals surface area contributed by atoms with E-state index in [0.29, 0.717) is 6.42 Å². The lowest BCUT2D eigenvalue weighted by Gasteiger charge is -2.12. The first-order valence-electron chi connectivity index (χ1n) is 6.75. The van der Waals surface area contributed by atoms with Gasteiger partial charge in [-0.25, -0.2) is 0 Å². The monoisotopic (exact) mass is 351 g/mol. The Hall–Kier alpha value is -2.64. The molecule has 0 N–H and O–H groups in total. The number of rotatable bonds is 4. The highest BCUT2D eigenvalue weighted by molar-refractivity contribution is 7.10. The zero-order valence-corrected chi connectivity index (χ0v) is 13.4. The van der Waals surface area contributed by atoms with Crippen LogP contribution in [0.5, 0.6) is 11.5 Å². The molecule has 1 aromatic carbocycles. The fourth-order valence-corrected chi connectivity index (χ4v) is 2.61. The third-order valence-corrected chi connectivity index (χ3v) is 3.83. The summed E-state index contributed by atoms with van der Waals surface area (Å²) in [4.78, 5) is 0.795. The Morgan fingerprint density at radius 2 is 2.00 bits per heavy atom. The van der Waals surface area contributed by atoms with Crippen molar-refractivity contribution in [2.45, 2.75) is 12.6 Å². The van der Waals surface area contributed by atoms with E-state index in [2.05, 4.69) is 17.9 Å². The van der Waals surface area contributed by atoms with Crippen molar-refractivity contribution in [1.29, 1.82) is 5.26 Å². The molecule has 124 valence electrons.